The summed E-state index contributed by atoms with van der Waals surface area (Å²) in [6, 6.07) is 0.272. The first-order valence-electron chi connectivity index (χ1n) is 7.59. The third-order valence-electron chi connectivity index (χ3n) is 4.46. The molecule has 1 aromatic heterocycles. The average Bonchev–Trinajstić information content (AvgIpc) is 2.73. The average molecular weight is 264 g/mol. The normalized spacial score (nSPS) is 26.4. The van der Waals surface area contributed by atoms with Gasteiger partial charge in [0.1, 0.15) is 0 Å². The number of hydrogen-bond acceptors (Lipinski definition) is 3. The summed E-state index contributed by atoms with van der Waals surface area (Å²) in [5.41, 5.74) is 7.54. The molecule has 1 atom stereocenters. The standard InChI is InChI=1S/C15H24N2S/c16-12-9-6-10-13-14(12)18-15(17-13)11-7-4-2-1-3-5-8-11/h11-12H,1-10,16H2. The molecule has 1 aromatic rings. The number of nitrogens with two attached hydrogens (primary N) is 1. The van der Waals surface area contributed by atoms with E-state index in [1.54, 1.807) is 0 Å². The molecule has 100 valence electrons. The summed E-state index contributed by atoms with van der Waals surface area (Å²) in [5, 5.41) is 1.40. The number of aromatic nitrogens is 1. The summed E-state index contributed by atoms with van der Waals surface area (Å²) in [5.74, 6) is 0.730. The van der Waals surface area contributed by atoms with Crippen LogP contribution in [0.15, 0.2) is 0 Å². The van der Waals surface area contributed by atoms with Gasteiger partial charge in [0.25, 0.3) is 0 Å². The van der Waals surface area contributed by atoms with Crippen molar-refractivity contribution in [1.82, 2.24) is 4.98 Å². The van der Waals surface area contributed by atoms with Gasteiger partial charge < -0.3 is 5.73 Å². The Hall–Kier alpha value is -0.410. The van der Waals surface area contributed by atoms with E-state index in [1.807, 2.05) is 11.3 Å². The van der Waals surface area contributed by atoms with Crippen LogP contribution in [-0.2, 0) is 6.42 Å². The summed E-state index contributed by atoms with van der Waals surface area (Å²) < 4.78 is 0. The van der Waals surface area contributed by atoms with Gasteiger partial charge in [0.05, 0.1) is 10.7 Å². The smallest absolute Gasteiger partial charge is 0.0962 e. The molecule has 18 heavy (non-hydrogen) atoms. The van der Waals surface area contributed by atoms with Crippen molar-refractivity contribution < 1.29 is 0 Å². The summed E-state index contributed by atoms with van der Waals surface area (Å²) in [6.45, 7) is 0. The highest BCUT2D eigenvalue weighted by Gasteiger charge is 2.25. The van der Waals surface area contributed by atoms with Crippen LogP contribution in [0.4, 0.5) is 0 Å². The molecule has 1 heterocycles. The highest BCUT2D eigenvalue weighted by molar-refractivity contribution is 7.12. The van der Waals surface area contributed by atoms with Crippen molar-refractivity contribution in [3.8, 4) is 0 Å². The Bertz CT molecular complexity index is 391. The van der Waals surface area contributed by atoms with E-state index in [-0.39, 0.29) is 6.04 Å². The van der Waals surface area contributed by atoms with Gasteiger partial charge in [0.15, 0.2) is 0 Å². The monoisotopic (exact) mass is 264 g/mol. The van der Waals surface area contributed by atoms with Crippen molar-refractivity contribution in [3.05, 3.63) is 15.6 Å². The summed E-state index contributed by atoms with van der Waals surface area (Å²) in [4.78, 5) is 6.34. The van der Waals surface area contributed by atoms with Crippen LogP contribution in [0.2, 0.25) is 0 Å². The molecule has 1 fully saturated rings. The van der Waals surface area contributed by atoms with Crippen molar-refractivity contribution >= 4 is 11.3 Å². The second kappa shape index (κ2) is 5.70. The van der Waals surface area contributed by atoms with Crippen LogP contribution >= 0.6 is 11.3 Å². The van der Waals surface area contributed by atoms with E-state index in [2.05, 4.69) is 0 Å². The molecule has 0 radical (unpaired) electrons. The lowest BCUT2D eigenvalue weighted by atomic mass is 9.91. The SMILES string of the molecule is NC1CCCc2nc(C3CCCCCCC3)sc21. The number of nitrogens with zero attached hydrogens (tertiary/aromatic N) is 1. The topological polar surface area (TPSA) is 38.9 Å². The lowest BCUT2D eigenvalue weighted by Gasteiger charge is -2.17. The highest BCUT2D eigenvalue weighted by Crippen LogP contribution is 2.39. The van der Waals surface area contributed by atoms with Gasteiger partial charge >= 0.3 is 0 Å². The predicted octanol–water partition coefficient (Wildman–Crippen LogP) is 4.31. The van der Waals surface area contributed by atoms with Crippen LogP contribution < -0.4 is 5.73 Å². The maximum absolute atomic E-state index is 6.22. The maximum Gasteiger partial charge on any atom is 0.0962 e. The number of fused-ring (bicyclic) bond motifs is 1. The molecule has 0 spiro atoms. The minimum absolute atomic E-state index is 0.272. The molecule has 2 N–H and O–H groups in total. The molecule has 0 aromatic carbocycles. The molecule has 1 saturated carbocycles. The van der Waals surface area contributed by atoms with Crippen molar-refractivity contribution in [2.24, 2.45) is 5.73 Å². The Morgan fingerprint density at radius 1 is 0.944 bits per heavy atom. The van der Waals surface area contributed by atoms with Gasteiger partial charge in [-0.15, -0.1) is 11.3 Å². The Balaban J connectivity index is 1.78. The summed E-state index contributed by atoms with van der Waals surface area (Å²) in [7, 11) is 0. The fourth-order valence-corrected chi connectivity index (χ4v) is 4.67. The van der Waals surface area contributed by atoms with Crippen molar-refractivity contribution in [2.75, 3.05) is 0 Å². The van der Waals surface area contributed by atoms with Gasteiger partial charge in [0.2, 0.25) is 0 Å². The van der Waals surface area contributed by atoms with Gasteiger partial charge in [-0.1, -0.05) is 32.1 Å². The number of thiazole rings is 1. The molecule has 1 unspecified atom stereocenters. The molecule has 3 heteroatoms. The third-order valence-corrected chi connectivity index (χ3v) is 5.86. The lowest BCUT2D eigenvalue weighted by Crippen LogP contribution is -2.15. The van der Waals surface area contributed by atoms with Crippen molar-refractivity contribution in [3.63, 3.8) is 0 Å². The van der Waals surface area contributed by atoms with Crippen molar-refractivity contribution in [2.45, 2.75) is 76.2 Å². The Labute approximate surface area is 114 Å². The number of rotatable bonds is 1. The summed E-state index contributed by atoms with van der Waals surface area (Å²) >= 11 is 1.93. The molecule has 0 amide bonds. The first-order chi connectivity index (χ1) is 8.84. The fourth-order valence-electron chi connectivity index (χ4n) is 3.35. The zero-order valence-electron chi connectivity index (χ0n) is 11.2. The molecule has 2 nitrogen and oxygen atoms in total. The largest absolute Gasteiger partial charge is 0.323 e. The number of hydrogen-bond donors (Lipinski definition) is 1. The van der Waals surface area contributed by atoms with Crippen LogP contribution in [-0.4, -0.2) is 4.98 Å². The van der Waals surface area contributed by atoms with Crippen molar-refractivity contribution in [1.29, 1.82) is 0 Å². The van der Waals surface area contributed by atoms with Gasteiger partial charge in [-0.3, -0.25) is 0 Å². The van der Waals surface area contributed by atoms with E-state index in [0.29, 0.717) is 0 Å². The minimum Gasteiger partial charge on any atom is -0.323 e. The fraction of sp³-hybridized carbons (Fsp3) is 0.800. The predicted molar refractivity (Wildman–Crippen MR) is 77.0 cm³/mol. The van der Waals surface area contributed by atoms with Crippen LogP contribution in [0.5, 0.6) is 0 Å². The molecular formula is C15H24N2S. The third kappa shape index (κ3) is 2.62. The minimum atomic E-state index is 0.272. The molecule has 0 aliphatic heterocycles. The second-order valence-corrected chi connectivity index (χ2v) is 6.97. The first-order valence-corrected chi connectivity index (χ1v) is 8.41. The van der Waals surface area contributed by atoms with E-state index in [1.165, 1.54) is 66.9 Å². The highest BCUT2D eigenvalue weighted by atomic mass is 32.1. The van der Waals surface area contributed by atoms with Gasteiger partial charge in [-0.05, 0) is 32.1 Å². The lowest BCUT2D eigenvalue weighted by molar-refractivity contribution is 0.454. The Kier molecular flexibility index (Phi) is 4.00. The number of aryl methyl sites for hydroxylation is 1. The van der Waals surface area contributed by atoms with E-state index < -0.39 is 0 Å². The zero-order chi connectivity index (χ0) is 12.4. The van der Waals surface area contributed by atoms with Crippen LogP contribution in [0.25, 0.3) is 0 Å². The van der Waals surface area contributed by atoms with Crippen LogP contribution in [0, 0.1) is 0 Å². The van der Waals surface area contributed by atoms with Gasteiger partial charge in [0, 0.05) is 16.8 Å². The molecular weight excluding hydrogens is 240 g/mol. The van der Waals surface area contributed by atoms with E-state index in [0.717, 1.165) is 18.8 Å². The molecule has 2 aliphatic carbocycles. The van der Waals surface area contributed by atoms with Crippen LogP contribution in [0.1, 0.15) is 85.3 Å². The quantitative estimate of drug-likeness (QED) is 0.821. The summed E-state index contributed by atoms with van der Waals surface area (Å²) in [6.07, 6.45) is 13.3. The Morgan fingerprint density at radius 2 is 1.67 bits per heavy atom. The van der Waals surface area contributed by atoms with E-state index in [9.17, 15) is 0 Å². The molecule has 3 rings (SSSR count). The molecule has 2 aliphatic rings. The van der Waals surface area contributed by atoms with Gasteiger partial charge in [-0.25, -0.2) is 4.98 Å². The van der Waals surface area contributed by atoms with E-state index >= 15 is 0 Å². The Morgan fingerprint density at radius 3 is 2.39 bits per heavy atom. The van der Waals surface area contributed by atoms with Crippen LogP contribution in [0.3, 0.4) is 0 Å². The maximum atomic E-state index is 6.22. The molecule has 0 saturated heterocycles. The first kappa shape index (κ1) is 12.6. The molecule has 0 bridgehead atoms. The van der Waals surface area contributed by atoms with Gasteiger partial charge in [-0.2, -0.15) is 0 Å². The second-order valence-electron chi connectivity index (χ2n) is 5.90. The van der Waals surface area contributed by atoms with E-state index in [4.69, 9.17) is 10.7 Å². The zero-order valence-corrected chi connectivity index (χ0v) is 12.0.